The van der Waals surface area contributed by atoms with E-state index in [0.717, 1.165) is 22.2 Å². The number of aliphatic hydroxyl groups excluding tert-OH is 1. The zero-order chi connectivity index (χ0) is 28.3. The number of aldehydes is 1. The zero-order valence-corrected chi connectivity index (χ0v) is 23.0. The van der Waals surface area contributed by atoms with Crippen LogP contribution in [0.2, 0.25) is 10.0 Å². The molecule has 202 valence electrons. The molecule has 39 heavy (non-hydrogen) atoms. The lowest BCUT2D eigenvalue weighted by Crippen LogP contribution is -2.30. The van der Waals surface area contributed by atoms with Gasteiger partial charge in [-0.05, 0) is 26.0 Å². The molecule has 0 saturated carbocycles. The van der Waals surface area contributed by atoms with Crippen LogP contribution in [-0.4, -0.2) is 49.8 Å². The molecule has 0 spiro atoms. The molecule has 4 rings (SSSR count). The highest BCUT2D eigenvalue weighted by Crippen LogP contribution is 2.44. The molecule has 0 saturated heterocycles. The first-order chi connectivity index (χ1) is 18.6. The number of thiazole rings is 1. The predicted octanol–water partition coefficient (Wildman–Crippen LogP) is 3.78. The van der Waals surface area contributed by atoms with Crippen LogP contribution in [0.3, 0.4) is 0 Å². The number of rotatable bonds is 9. The van der Waals surface area contributed by atoms with E-state index in [1.54, 1.807) is 24.3 Å². The van der Waals surface area contributed by atoms with Gasteiger partial charge in [-0.2, -0.15) is 9.78 Å². The van der Waals surface area contributed by atoms with E-state index in [0.29, 0.717) is 28.1 Å². The van der Waals surface area contributed by atoms with Gasteiger partial charge < -0.3 is 9.84 Å². The molecular formula is C26H22Cl2N4O6S. The molecular weight excluding hydrogens is 567 g/mol. The van der Waals surface area contributed by atoms with Crippen molar-refractivity contribution in [1.29, 1.82) is 0 Å². The number of carbonyl (C=O) groups excluding carboxylic acids is 2. The minimum atomic E-state index is -1.11. The lowest BCUT2D eigenvalue weighted by Gasteiger charge is -2.25. The summed E-state index contributed by atoms with van der Waals surface area (Å²) in [6.45, 7) is 3.33. The Kier molecular flexibility index (Phi) is 8.45. The van der Waals surface area contributed by atoms with Crippen molar-refractivity contribution in [1.82, 2.24) is 19.7 Å². The van der Waals surface area contributed by atoms with Crippen molar-refractivity contribution >= 4 is 46.8 Å². The highest BCUT2D eigenvalue weighted by molar-refractivity contribution is 7.14. The fraction of sp³-hybridized carbons (Fsp3) is 0.231. The fourth-order valence-electron chi connectivity index (χ4n) is 3.91. The number of ether oxygens (including phenoxy) is 1. The first kappa shape index (κ1) is 28.4. The van der Waals surface area contributed by atoms with Gasteiger partial charge in [0.2, 0.25) is 0 Å². The number of aliphatic hydroxyl groups is 1. The smallest absolute Gasteiger partial charge is 0.351 e. The minimum absolute atomic E-state index is 0.0299. The van der Waals surface area contributed by atoms with Gasteiger partial charge in [0.15, 0.2) is 12.4 Å². The molecule has 2 N–H and O–H groups in total. The van der Waals surface area contributed by atoms with Gasteiger partial charge in [0.25, 0.3) is 5.56 Å². The van der Waals surface area contributed by atoms with Crippen molar-refractivity contribution in [3.8, 4) is 16.9 Å². The standard InChI is InChI=1S/C26H22Cl2N4O6S/c1-26(2,20-17(27)10-15(11-18(20)28)32-25(37)30-19(35)12-29-32)24-31-21(14-6-4-3-5-7-14)22(39-24)23(36)38-16(13-34)8-9-33/h3-7,10-13,16,33H,8-9H2,1-2H3,(H,30,35,37). The summed E-state index contributed by atoms with van der Waals surface area (Å²) in [5.41, 5.74) is -0.604. The van der Waals surface area contributed by atoms with Gasteiger partial charge in [-0.15, -0.1) is 11.3 Å². The average molecular weight is 589 g/mol. The van der Waals surface area contributed by atoms with E-state index in [1.807, 2.05) is 19.9 Å². The van der Waals surface area contributed by atoms with Crippen LogP contribution in [0, 0.1) is 0 Å². The number of hydrogen-bond donors (Lipinski definition) is 2. The molecule has 2 aromatic heterocycles. The fourth-order valence-corrected chi connectivity index (χ4v) is 5.94. The normalized spacial score (nSPS) is 12.2. The third-order valence-corrected chi connectivity index (χ3v) is 7.78. The maximum absolute atomic E-state index is 13.1. The van der Waals surface area contributed by atoms with E-state index in [2.05, 4.69) is 10.1 Å². The van der Waals surface area contributed by atoms with Crippen molar-refractivity contribution in [2.75, 3.05) is 6.61 Å². The van der Waals surface area contributed by atoms with Gasteiger partial charge in [-0.3, -0.25) is 14.6 Å². The molecule has 0 aliphatic rings. The van der Waals surface area contributed by atoms with Crippen molar-refractivity contribution < 1.29 is 19.4 Å². The highest BCUT2D eigenvalue weighted by Gasteiger charge is 2.35. The molecule has 1 atom stereocenters. The number of nitrogens with one attached hydrogen (secondary N) is 1. The Labute approximate surface area is 235 Å². The maximum Gasteiger partial charge on any atom is 0.351 e. The van der Waals surface area contributed by atoms with Crippen molar-refractivity contribution in [3.05, 3.63) is 95.0 Å². The lowest BCUT2D eigenvalue weighted by molar-refractivity contribution is -0.116. The third-order valence-electron chi connectivity index (χ3n) is 5.83. The molecule has 0 aliphatic carbocycles. The van der Waals surface area contributed by atoms with Gasteiger partial charge >= 0.3 is 11.7 Å². The van der Waals surface area contributed by atoms with Crippen LogP contribution in [0.25, 0.3) is 16.9 Å². The van der Waals surface area contributed by atoms with Crippen molar-refractivity contribution in [3.63, 3.8) is 0 Å². The van der Waals surface area contributed by atoms with Crippen LogP contribution < -0.4 is 11.2 Å². The van der Waals surface area contributed by atoms with Crippen LogP contribution in [0.1, 0.15) is 40.5 Å². The topological polar surface area (TPSA) is 144 Å². The number of aromatic nitrogens is 4. The molecule has 2 heterocycles. The number of halogens is 2. The Morgan fingerprint density at radius 1 is 1.21 bits per heavy atom. The Morgan fingerprint density at radius 2 is 1.87 bits per heavy atom. The number of hydrogen-bond acceptors (Lipinski definition) is 9. The van der Waals surface area contributed by atoms with Crippen LogP contribution in [0.4, 0.5) is 0 Å². The molecule has 4 aromatic rings. The Hall–Kier alpha value is -3.64. The number of benzene rings is 2. The number of carbonyl (C=O) groups is 2. The first-order valence-corrected chi connectivity index (χ1v) is 13.2. The SMILES string of the molecule is CC(C)(c1nc(-c2ccccc2)c(C(=O)OC(C=O)CCO)s1)c1c(Cl)cc(-n2ncc(=O)[nH]c2=O)cc1Cl. The summed E-state index contributed by atoms with van der Waals surface area (Å²) in [5.74, 6) is -0.755. The summed E-state index contributed by atoms with van der Waals surface area (Å²) in [5, 5.41) is 13.9. The van der Waals surface area contributed by atoms with E-state index >= 15 is 0 Å². The largest absolute Gasteiger partial charge is 0.450 e. The van der Waals surface area contributed by atoms with Gasteiger partial charge in [-0.1, -0.05) is 53.5 Å². The molecule has 0 amide bonds. The summed E-state index contributed by atoms with van der Waals surface area (Å²) < 4.78 is 6.29. The first-order valence-electron chi connectivity index (χ1n) is 11.6. The lowest BCUT2D eigenvalue weighted by atomic mass is 9.85. The number of nitrogens with zero attached hydrogens (tertiary/aromatic N) is 3. The van der Waals surface area contributed by atoms with Crippen LogP contribution in [0.5, 0.6) is 0 Å². The summed E-state index contributed by atoms with van der Waals surface area (Å²) in [7, 11) is 0. The predicted molar refractivity (Wildman–Crippen MR) is 147 cm³/mol. The molecule has 2 aromatic carbocycles. The number of H-pyrrole nitrogens is 1. The monoisotopic (exact) mass is 588 g/mol. The molecule has 10 nitrogen and oxygen atoms in total. The summed E-state index contributed by atoms with van der Waals surface area (Å²) in [6.07, 6.45) is 0.285. The average Bonchev–Trinajstić information content (AvgIpc) is 3.35. The van der Waals surface area contributed by atoms with E-state index < -0.39 is 28.7 Å². The highest BCUT2D eigenvalue weighted by atomic mass is 35.5. The van der Waals surface area contributed by atoms with Gasteiger partial charge in [-0.25, -0.2) is 14.6 Å². The minimum Gasteiger partial charge on any atom is -0.450 e. The van der Waals surface area contributed by atoms with E-state index in [1.165, 1.54) is 12.1 Å². The molecule has 0 aliphatic heterocycles. The second kappa shape index (κ2) is 11.6. The Balaban J connectivity index is 1.81. The summed E-state index contributed by atoms with van der Waals surface area (Å²) in [4.78, 5) is 55.1. The van der Waals surface area contributed by atoms with Crippen molar-refractivity contribution in [2.45, 2.75) is 31.8 Å². The molecule has 0 radical (unpaired) electrons. The summed E-state index contributed by atoms with van der Waals surface area (Å²) >= 11 is 14.4. The van der Waals surface area contributed by atoms with E-state index in [4.69, 9.17) is 38.0 Å². The zero-order valence-electron chi connectivity index (χ0n) is 20.7. The number of esters is 1. The van der Waals surface area contributed by atoms with Crippen molar-refractivity contribution in [2.24, 2.45) is 0 Å². The molecule has 0 bridgehead atoms. The van der Waals surface area contributed by atoms with E-state index in [9.17, 15) is 19.2 Å². The molecule has 1 unspecified atom stereocenters. The van der Waals surface area contributed by atoms with Gasteiger partial charge in [0.1, 0.15) is 16.1 Å². The second-order valence-corrected chi connectivity index (χ2v) is 10.7. The molecule has 13 heteroatoms. The van der Waals surface area contributed by atoms with Crippen LogP contribution >= 0.6 is 34.5 Å². The Morgan fingerprint density at radius 3 is 2.46 bits per heavy atom. The Bertz CT molecular complexity index is 1630. The van der Waals surface area contributed by atoms with Gasteiger partial charge in [0, 0.05) is 39.6 Å². The second-order valence-electron chi connectivity index (χ2n) is 8.92. The third kappa shape index (κ3) is 5.86. The van der Waals surface area contributed by atoms with Crippen LogP contribution in [-0.2, 0) is 14.9 Å². The van der Waals surface area contributed by atoms with Gasteiger partial charge in [0.05, 0.1) is 11.4 Å². The summed E-state index contributed by atoms with van der Waals surface area (Å²) in [6, 6.07) is 12.0. The molecule has 0 fully saturated rings. The van der Waals surface area contributed by atoms with Crippen LogP contribution in [0.15, 0.2) is 58.3 Å². The number of aromatic amines is 1. The quantitative estimate of drug-likeness (QED) is 0.222. The maximum atomic E-state index is 13.1. The van der Waals surface area contributed by atoms with E-state index in [-0.39, 0.29) is 33.6 Å².